The van der Waals surface area contributed by atoms with E-state index in [1.165, 1.54) is 0 Å². The Morgan fingerprint density at radius 1 is 1.07 bits per heavy atom. The first-order valence-corrected chi connectivity index (χ1v) is 9.62. The molecule has 2 aromatic heterocycles. The molecule has 4 rings (SSSR count). The van der Waals surface area contributed by atoms with Crippen LogP contribution >= 0.6 is 0 Å². The molecule has 2 N–H and O–H groups in total. The number of H-pyrrole nitrogens is 1. The number of ether oxygens (including phenoxy) is 2. The van der Waals surface area contributed by atoms with Gasteiger partial charge in [-0.15, -0.1) is 0 Å². The van der Waals surface area contributed by atoms with Gasteiger partial charge >= 0.3 is 5.97 Å². The number of rotatable bonds is 5. The number of fused-ring (bicyclic) bond motifs is 3. The van der Waals surface area contributed by atoms with Crippen LogP contribution in [0.2, 0.25) is 0 Å². The quantitative estimate of drug-likeness (QED) is 0.386. The third-order valence-corrected chi connectivity index (χ3v) is 4.74. The van der Waals surface area contributed by atoms with Crippen molar-refractivity contribution in [3.8, 4) is 16.9 Å². The lowest BCUT2D eigenvalue weighted by Gasteiger charge is -2.13. The Morgan fingerprint density at radius 2 is 1.80 bits per heavy atom. The van der Waals surface area contributed by atoms with Crippen molar-refractivity contribution in [3.63, 3.8) is 0 Å². The number of esters is 1. The Bertz CT molecular complexity index is 1370. The van der Waals surface area contributed by atoms with E-state index in [0.717, 1.165) is 0 Å². The Balaban J connectivity index is 2.14. The molecule has 0 fully saturated rings. The van der Waals surface area contributed by atoms with Gasteiger partial charge in [-0.3, -0.25) is 10.2 Å². The Morgan fingerprint density at radius 3 is 2.50 bits per heavy atom. The zero-order valence-corrected chi connectivity index (χ0v) is 16.6. The van der Waals surface area contributed by atoms with Crippen LogP contribution in [0.15, 0.2) is 57.7 Å². The fourth-order valence-electron chi connectivity index (χ4n) is 3.51. The van der Waals surface area contributed by atoms with Crippen LogP contribution in [0.1, 0.15) is 24.2 Å². The number of aromatic amines is 1. The zero-order valence-electron chi connectivity index (χ0n) is 16.6. The summed E-state index contributed by atoms with van der Waals surface area (Å²) < 4.78 is 16.3. The molecule has 7 nitrogen and oxygen atoms in total. The van der Waals surface area contributed by atoms with E-state index in [2.05, 4.69) is 4.98 Å². The van der Waals surface area contributed by atoms with Crippen LogP contribution in [0.4, 0.5) is 0 Å². The van der Waals surface area contributed by atoms with Crippen LogP contribution in [0.25, 0.3) is 33.0 Å². The molecule has 2 heterocycles. The highest BCUT2D eigenvalue weighted by Gasteiger charge is 2.24. The highest BCUT2D eigenvalue weighted by molar-refractivity contribution is 6.11. The molecule has 0 radical (unpaired) electrons. The lowest BCUT2D eigenvalue weighted by Crippen LogP contribution is -2.21. The van der Waals surface area contributed by atoms with Gasteiger partial charge in [-0.05, 0) is 43.7 Å². The predicted octanol–water partition coefficient (Wildman–Crippen LogP) is 4.00. The number of pyridine rings is 1. The molecule has 0 atom stereocenters. The van der Waals surface area contributed by atoms with Gasteiger partial charge in [0.05, 0.1) is 24.1 Å². The van der Waals surface area contributed by atoms with Gasteiger partial charge < -0.3 is 18.9 Å². The lowest BCUT2D eigenvalue weighted by atomic mass is 9.96. The van der Waals surface area contributed by atoms with Crippen molar-refractivity contribution in [2.75, 3.05) is 13.2 Å². The first-order chi connectivity index (χ1) is 14.5. The summed E-state index contributed by atoms with van der Waals surface area (Å²) in [5.74, 6) is -0.0566. The van der Waals surface area contributed by atoms with E-state index >= 15 is 0 Å². The molecule has 0 bridgehead atoms. The van der Waals surface area contributed by atoms with Crippen LogP contribution in [0.3, 0.4) is 0 Å². The maximum Gasteiger partial charge on any atom is 0.344 e. The number of nitrogens with one attached hydrogen (secondary N) is 2. The summed E-state index contributed by atoms with van der Waals surface area (Å²) in [7, 11) is 0. The third-order valence-electron chi connectivity index (χ3n) is 4.74. The molecular weight excluding hydrogens is 384 g/mol. The minimum Gasteiger partial charge on any atom is -0.494 e. The molecule has 152 valence electrons. The Labute approximate surface area is 171 Å². The molecule has 0 unspecified atom stereocenters. The van der Waals surface area contributed by atoms with E-state index in [1.54, 1.807) is 49.4 Å². The summed E-state index contributed by atoms with van der Waals surface area (Å²) in [5, 5.41) is 9.23. The van der Waals surface area contributed by atoms with Crippen LogP contribution < -0.4 is 15.9 Å². The highest BCUT2D eigenvalue weighted by atomic mass is 16.5. The van der Waals surface area contributed by atoms with Crippen molar-refractivity contribution >= 4 is 27.8 Å². The first kappa shape index (κ1) is 19.4. The highest BCUT2D eigenvalue weighted by Crippen LogP contribution is 2.32. The molecule has 7 heteroatoms. The number of benzene rings is 2. The number of carbonyl (C=O) groups is 1. The maximum atomic E-state index is 13.0. The number of aromatic nitrogens is 1. The summed E-state index contributed by atoms with van der Waals surface area (Å²) in [6, 6.07) is 14.2. The van der Waals surface area contributed by atoms with E-state index in [9.17, 15) is 9.59 Å². The van der Waals surface area contributed by atoms with Crippen molar-refractivity contribution in [3.05, 3.63) is 70.0 Å². The molecule has 0 saturated carbocycles. The Kier molecular flexibility index (Phi) is 5.10. The van der Waals surface area contributed by atoms with Crippen molar-refractivity contribution in [1.82, 2.24) is 4.98 Å². The third kappa shape index (κ3) is 3.24. The average Bonchev–Trinajstić information content (AvgIpc) is 2.74. The molecule has 0 aliphatic rings. The summed E-state index contributed by atoms with van der Waals surface area (Å²) in [6.45, 7) is 4.21. The van der Waals surface area contributed by atoms with Crippen LogP contribution in [0.5, 0.6) is 5.75 Å². The van der Waals surface area contributed by atoms with E-state index < -0.39 is 11.5 Å². The second-order valence-corrected chi connectivity index (χ2v) is 6.56. The number of para-hydroxylation sites is 1. The first-order valence-electron chi connectivity index (χ1n) is 9.62. The molecule has 2 aromatic carbocycles. The van der Waals surface area contributed by atoms with Gasteiger partial charge in [0.25, 0.3) is 5.56 Å². The van der Waals surface area contributed by atoms with E-state index in [-0.39, 0.29) is 28.7 Å². The van der Waals surface area contributed by atoms with Crippen molar-refractivity contribution in [1.29, 1.82) is 5.41 Å². The average molecular weight is 404 g/mol. The predicted molar refractivity (Wildman–Crippen MR) is 113 cm³/mol. The fraction of sp³-hybridized carbons (Fsp3) is 0.174. The minimum absolute atomic E-state index is 0.0886. The van der Waals surface area contributed by atoms with Crippen molar-refractivity contribution < 1.29 is 18.7 Å². The van der Waals surface area contributed by atoms with Gasteiger partial charge in [0, 0.05) is 10.9 Å². The summed E-state index contributed by atoms with van der Waals surface area (Å²) in [4.78, 5) is 28.6. The minimum atomic E-state index is -0.718. The van der Waals surface area contributed by atoms with E-state index in [0.29, 0.717) is 34.4 Å². The number of hydrogen-bond acceptors (Lipinski definition) is 6. The van der Waals surface area contributed by atoms with Crippen LogP contribution in [-0.4, -0.2) is 24.2 Å². The maximum absolute atomic E-state index is 13.0. The summed E-state index contributed by atoms with van der Waals surface area (Å²) in [6.07, 6.45) is 0. The molecule has 0 aliphatic heterocycles. The fourth-order valence-corrected chi connectivity index (χ4v) is 3.51. The van der Waals surface area contributed by atoms with Crippen molar-refractivity contribution in [2.24, 2.45) is 0 Å². The van der Waals surface area contributed by atoms with Crippen LogP contribution in [-0.2, 0) is 4.74 Å². The van der Waals surface area contributed by atoms with Crippen molar-refractivity contribution in [2.45, 2.75) is 13.8 Å². The van der Waals surface area contributed by atoms with Gasteiger partial charge in [0.2, 0.25) is 5.55 Å². The second-order valence-electron chi connectivity index (χ2n) is 6.56. The molecule has 0 saturated heterocycles. The molecule has 0 spiro atoms. The normalized spacial score (nSPS) is 11.0. The van der Waals surface area contributed by atoms with Gasteiger partial charge in [-0.2, -0.15) is 0 Å². The molecule has 0 aliphatic carbocycles. The van der Waals surface area contributed by atoms with Gasteiger partial charge in [0.1, 0.15) is 11.3 Å². The summed E-state index contributed by atoms with van der Waals surface area (Å²) in [5.41, 5.74) is 0.846. The van der Waals surface area contributed by atoms with E-state index in [1.807, 2.05) is 13.0 Å². The lowest BCUT2D eigenvalue weighted by molar-refractivity contribution is 0.0522. The molecule has 30 heavy (non-hydrogen) atoms. The summed E-state index contributed by atoms with van der Waals surface area (Å²) >= 11 is 0. The monoisotopic (exact) mass is 404 g/mol. The van der Waals surface area contributed by atoms with E-state index in [4.69, 9.17) is 19.3 Å². The van der Waals surface area contributed by atoms with Crippen LogP contribution in [0, 0.1) is 5.41 Å². The molecular formula is C23H20N2O5. The SMILES string of the molecule is CCOC(=O)c1c(-c2ccc(OCC)cc2)c2c(=O)[nH]c3ccccc3c2oc1=N. The van der Waals surface area contributed by atoms with Gasteiger partial charge in [-0.1, -0.05) is 24.3 Å². The van der Waals surface area contributed by atoms with Gasteiger partial charge in [0.15, 0.2) is 5.58 Å². The smallest absolute Gasteiger partial charge is 0.344 e. The molecule has 4 aromatic rings. The Hall–Kier alpha value is -3.87. The largest absolute Gasteiger partial charge is 0.494 e. The zero-order chi connectivity index (χ0) is 21.3. The second kappa shape index (κ2) is 7.87. The molecule has 0 amide bonds. The van der Waals surface area contributed by atoms with Gasteiger partial charge in [-0.25, -0.2) is 4.79 Å². The number of carbonyl (C=O) groups excluding carboxylic acids is 1. The topological polar surface area (TPSA) is 105 Å². The standard InChI is InChI=1S/C23H20N2O5/c1-3-28-14-11-9-13(10-12-14)17-18-20(30-21(24)19(17)23(27)29-4-2)15-7-5-6-8-16(15)25-22(18)26/h5-12,24H,3-4H2,1-2H3,(H,25,26). The number of hydrogen-bond donors (Lipinski definition) is 2.